The number of aromatic nitrogens is 1. The first-order valence-electron chi connectivity index (χ1n) is 9.30. The molecule has 1 aliphatic heterocycles. The van der Waals surface area contributed by atoms with Crippen molar-refractivity contribution >= 4 is 29.2 Å². The maximum atomic E-state index is 12.1. The first kappa shape index (κ1) is 20.7. The van der Waals surface area contributed by atoms with Crippen LogP contribution in [0.15, 0.2) is 35.1 Å². The third kappa shape index (κ3) is 5.74. The zero-order chi connectivity index (χ0) is 20.1. The van der Waals surface area contributed by atoms with Gasteiger partial charge in [0.2, 0.25) is 5.56 Å². The molecule has 0 saturated carbocycles. The van der Waals surface area contributed by atoms with Crippen LogP contribution < -0.4 is 16.2 Å². The predicted molar refractivity (Wildman–Crippen MR) is 113 cm³/mol. The van der Waals surface area contributed by atoms with Crippen LogP contribution in [0.5, 0.6) is 0 Å². The van der Waals surface area contributed by atoms with Crippen LogP contribution in [0.25, 0.3) is 11.3 Å². The Bertz CT molecular complexity index is 872. The molecule has 1 fully saturated rings. The van der Waals surface area contributed by atoms with Crippen molar-refractivity contribution in [2.75, 3.05) is 26.7 Å². The second-order valence-electron chi connectivity index (χ2n) is 7.10. The van der Waals surface area contributed by atoms with E-state index in [0.29, 0.717) is 34.7 Å². The van der Waals surface area contributed by atoms with Gasteiger partial charge in [0.15, 0.2) is 0 Å². The molecular weight excluding hydrogens is 399 g/mol. The van der Waals surface area contributed by atoms with Crippen LogP contribution in [-0.2, 0) is 6.54 Å². The Labute approximate surface area is 174 Å². The molecular formula is C20H24Cl2N4O2. The highest BCUT2D eigenvalue weighted by molar-refractivity contribution is 6.35. The van der Waals surface area contributed by atoms with Gasteiger partial charge in [-0.05, 0) is 61.7 Å². The van der Waals surface area contributed by atoms with Crippen molar-refractivity contribution < 1.29 is 4.79 Å². The van der Waals surface area contributed by atoms with E-state index >= 15 is 0 Å². The SMILES string of the molecule is CNC(=O)NCC1CCN(Cc2cc(-c3cc(Cl)cc(Cl)c3)[nH]c(=O)c2)CC1. The number of rotatable bonds is 5. The van der Waals surface area contributed by atoms with Gasteiger partial charge in [-0.25, -0.2) is 4.79 Å². The third-order valence-corrected chi connectivity index (χ3v) is 5.41. The van der Waals surface area contributed by atoms with Gasteiger partial charge >= 0.3 is 6.03 Å². The summed E-state index contributed by atoms with van der Waals surface area (Å²) in [6.07, 6.45) is 2.04. The fraction of sp³-hybridized carbons (Fsp3) is 0.400. The van der Waals surface area contributed by atoms with Gasteiger partial charge in [-0.15, -0.1) is 0 Å². The van der Waals surface area contributed by atoms with Gasteiger partial charge in [-0.3, -0.25) is 9.69 Å². The Balaban J connectivity index is 1.63. The van der Waals surface area contributed by atoms with E-state index in [4.69, 9.17) is 23.2 Å². The number of benzene rings is 1. The number of halogens is 2. The molecule has 0 bridgehead atoms. The summed E-state index contributed by atoms with van der Waals surface area (Å²) in [4.78, 5) is 28.6. The van der Waals surface area contributed by atoms with Crippen molar-refractivity contribution in [3.05, 3.63) is 56.3 Å². The van der Waals surface area contributed by atoms with E-state index in [-0.39, 0.29) is 11.6 Å². The molecule has 1 aromatic carbocycles. The molecule has 1 saturated heterocycles. The lowest BCUT2D eigenvalue weighted by Crippen LogP contribution is -2.40. The Morgan fingerprint density at radius 1 is 1.14 bits per heavy atom. The van der Waals surface area contributed by atoms with Gasteiger partial charge in [0.25, 0.3) is 0 Å². The summed E-state index contributed by atoms with van der Waals surface area (Å²) < 4.78 is 0. The molecule has 8 heteroatoms. The average Bonchev–Trinajstić information content (AvgIpc) is 2.66. The highest BCUT2D eigenvalue weighted by Gasteiger charge is 2.20. The highest BCUT2D eigenvalue weighted by Crippen LogP contribution is 2.26. The van der Waals surface area contributed by atoms with Crippen molar-refractivity contribution in [1.29, 1.82) is 0 Å². The van der Waals surface area contributed by atoms with E-state index in [2.05, 4.69) is 20.5 Å². The monoisotopic (exact) mass is 422 g/mol. The molecule has 2 aromatic rings. The fourth-order valence-corrected chi connectivity index (χ4v) is 4.01. The molecule has 3 rings (SSSR count). The standard InChI is InChI=1S/C20H24Cl2N4O2/c1-23-20(28)24-11-13-2-4-26(5-3-13)12-14-6-18(25-19(27)7-14)15-8-16(21)10-17(22)9-15/h6-10,13H,2-5,11-12H2,1H3,(H,25,27)(H2,23,24,28). The highest BCUT2D eigenvalue weighted by atomic mass is 35.5. The van der Waals surface area contributed by atoms with E-state index in [9.17, 15) is 9.59 Å². The predicted octanol–water partition coefficient (Wildman–Crippen LogP) is 3.49. The number of amides is 2. The Hall–Kier alpha value is -2.02. The lowest BCUT2D eigenvalue weighted by atomic mass is 9.96. The van der Waals surface area contributed by atoms with Crippen molar-refractivity contribution in [1.82, 2.24) is 20.5 Å². The van der Waals surface area contributed by atoms with Crippen molar-refractivity contribution in [2.45, 2.75) is 19.4 Å². The van der Waals surface area contributed by atoms with Crippen molar-refractivity contribution in [2.24, 2.45) is 5.92 Å². The van der Waals surface area contributed by atoms with Crippen molar-refractivity contribution in [3.8, 4) is 11.3 Å². The largest absolute Gasteiger partial charge is 0.341 e. The number of hydrogen-bond acceptors (Lipinski definition) is 3. The molecule has 3 N–H and O–H groups in total. The van der Waals surface area contributed by atoms with E-state index < -0.39 is 0 Å². The molecule has 0 unspecified atom stereocenters. The number of carbonyl (C=O) groups excluding carboxylic acids is 1. The lowest BCUT2D eigenvalue weighted by molar-refractivity contribution is 0.175. The Kier molecular flexibility index (Phi) is 6.99. The Morgan fingerprint density at radius 2 is 1.82 bits per heavy atom. The summed E-state index contributed by atoms with van der Waals surface area (Å²) in [6, 6.07) is 8.70. The number of nitrogens with zero attached hydrogens (tertiary/aromatic N) is 1. The van der Waals surface area contributed by atoms with Gasteiger partial charge in [-0.2, -0.15) is 0 Å². The zero-order valence-corrected chi connectivity index (χ0v) is 17.2. The first-order chi connectivity index (χ1) is 13.4. The number of piperidine rings is 1. The molecule has 2 amide bonds. The van der Waals surface area contributed by atoms with Gasteiger partial charge in [0.05, 0.1) is 0 Å². The molecule has 0 atom stereocenters. The normalized spacial score (nSPS) is 15.4. The molecule has 28 heavy (non-hydrogen) atoms. The number of likely N-dealkylation sites (tertiary alicyclic amines) is 1. The van der Waals surface area contributed by atoms with E-state index in [1.54, 1.807) is 31.3 Å². The quantitative estimate of drug-likeness (QED) is 0.689. The van der Waals surface area contributed by atoms with Crippen LogP contribution in [0.1, 0.15) is 18.4 Å². The summed E-state index contributed by atoms with van der Waals surface area (Å²) in [5.74, 6) is 0.483. The zero-order valence-electron chi connectivity index (χ0n) is 15.7. The summed E-state index contributed by atoms with van der Waals surface area (Å²) in [5, 5.41) is 6.50. The van der Waals surface area contributed by atoms with Crippen LogP contribution >= 0.6 is 23.2 Å². The maximum absolute atomic E-state index is 12.1. The number of aromatic amines is 1. The number of nitrogens with one attached hydrogen (secondary N) is 3. The second-order valence-corrected chi connectivity index (χ2v) is 7.98. The van der Waals surface area contributed by atoms with Gasteiger partial charge in [0, 0.05) is 47.5 Å². The number of pyridine rings is 1. The fourth-order valence-electron chi connectivity index (χ4n) is 3.49. The number of carbonyl (C=O) groups is 1. The number of hydrogen-bond donors (Lipinski definition) is 3. The Morgan fingerprint density at radius 3 is 2.46 bits per heavy atom. The van der Waals surface area contributed by atoms with Gasteiger partial charge in [0.1, 0.15) is 0 Å². The minimum absolute atomic E-state index is 0.139. The molecule has 0 aliphatic carbocycles. The molecule has 6 nitrogen and oxygen atoms in total. The summed E-state index contributed by atoms with van der Waals surface area (Å²) in [5.41, 5.74) is 2.30. The smallest absolute Gasteiger partial charge is 0.314 e. The minimum atomic E-state index is -0.145. The molecule has 1 aliphatic rings. The van der Waals surface area contributed by atoms with E-state index in [1.807, 2.05) is 6.07 Å². The molecule has 0 spiro atoms. The first-order valence-corrected chi connectivity index (χ1v) is 10.1. The molecule has 0 radical (unpaired) electrons. The second kappa shape index (κ2) is 9.45. The summed E-state index contributed by atoms with van der Waals surface area (Å²) >= 11 is 12.2. The van der Waals surface area contributed by atoms with Crippen LogP contribution in [-0.4, -0.2) is 42.6 Å². The van der Waals surface area contributed by atoms with Crippen LogP contribution in [0.4, 0.5) is 4.79 Å². The van der Waals surface area contributed by atoms with Crippen molar-refractivity contribution in [3.63, 3.8) is 0 Å². The van der Waals surface area contributed by atoms with Crippen LogP contribution in [0, 0.1) is 5.92 Å². The number of urea groups is 1. The topological polar surface area (TPSA) is 77.2 Å². The van der Waals surface area contributed by atoms with E-state index in [1.165, 1.54) is 0 Å². The lowest BCUT2D eigenvalue weighted by Gasteiger charge is -2.32. The molecule has 2 heterocycles. The molecule has 150 valence electrons. The van der Waals surface area contributed by atoms with Crippen LogP contribution in [0.3, 0.4) is 0 Å². The number of H-pyrrole nitrogens is 1. The van der Waals surface area contributed by atoms with Gasteiger partial charge < -0.3 is 15.6 Å². The molecule has 1 aromatic heterocycles. The maximum Gasteiger partial charge on any atom is 0.314 e. The minimum Gasteiger partial charge on any atom is -0.341 e. The van der Waals surface area contributed by atoms with Crippen LogP contribution in [0.2, 0.25) is 10.0 Å². The summed E-state index contributed by atoms with van der Waals surface area (Å²) in [7, 11) is 1.62. The summed E-state index contributed by atoms with van der Waals surface area (Å²) in [6.45, 7) is 3.27. The average molecular weight is 423 g/mol. The third-order valence-electron chi connectivity index (χ3n) is 4.97. The van der Waals surface area contributed by atoms with E-state index in [0.717, 1.165) is 37.1 Å². The van der Waals surface area contributed by atoms with Gasteiger partial charge in [-0.1, -0.05) is 23.2 Å².